The summed E-state index contributed by atoms with van der Waals surface area (Å²) in [6, 6.07) is -4.24. The van der Waals surface area contributed by atoms with Gasteiger partial charge in [0.05, 0.1) is 6.61 Å². The topological polar surface area (TPSA) is 78.3 Å². The molecule has 0 radical (unpaired) electrons. The van der Waals surface area contributed by atoms with E-state index in [1.54, 1.807) is 0 Å². The molecule has 0 unspecified atom stereocenters. The zero-order chi connectivity index (χ0) is 10.6. The fourth-order valence-corrected chi connectivity index (χ4v) is 0.589. The smallest absolute Gasteiger partial charge is 0.405 e. The maximum absolute atomic E-state index is 11.9. The molecule has 4 N–H and O–H groups in total. The number of alkyl halides is 3. The fourth-order valence-electron chi connectivity index (χ4n) is 0.589. The molecule has 13 heavy (non-hydrogen) atoms. The number of esters is 1. The van der Waals surface area contributed by atoms with Gasteiger partial charge in [0.2, 0.25) is 0 Å². The molecule has 0 aliphatic carbocycles. The van der Waals surface area contributed by atoms with Crippen LogP contribution in [-0.4, -0.2) is 30.8 Å². The Kier molecular flexibility index (Phi) is 4.15. The molecule has 0 rings (SSSR count). The molecule has 0 aliphatic heterocycles. The third kappa shape index (κ3) is 3.60. The van der Waals surface area contributed by atoms with E-state index in [1.165, 1.54) is 6.92 Å². The second kappa shape index (κ2) is 4.43. The van der Waals surface area contributed by atoms with Crippen LogP contribution in [0.4, 0.5) is 13.2 Å². The molecule has 0 aromatic heterocycles. The van der Waals surface area contributed by atoms with Crippen LogP contribution in [0.1, 0.15) is 6.92 Å². The highest BCUT2D eigenvalue weighted by atomic mass is 19.4. The third-order valence-corrected chi connectivity index (χ3v) is 1.32. The van der Waals surface area contributed by atoms with Crippen molar-refractivity contribution in [2.75, 3.05) is 6.61 Å². The van der Waals surface area contributed by atoms with Crippen LogP contribution in [0.15, 0.2) is 0 Å². The van der Waals surface area contributed by atoms with Gasteiger partial charge in [-0.2, -0.15) is 13.2 Å². The molecular weight excluding hydrogens is 189 g/mol. The van der Waals surface area contributed by atoms with E-state index in [-0.39, 0.29) is 6.61 Å². The Morgan fingerprint density at radius 2 is 1.92 bits per heavy atom. The van der Waals surface area contributed by atoms with Gasteiger partial charge in [0, 0.05) is 0 Å². The number of nitrogens with two attached hydrogens (primary N) is 2. The third-order valence-electron chi connectivity index (χ3n) is 1.32. The number of halogens is 3. The highest BCUT2D eigenvalue weighted by molar-refractivity contribution is 5.76. The number of ether oxygens (including phenoxy) is 1. The molecule has 0 fully saturated rings. The average Bonchev–Trinajstić information content (AvgIpc) is 2.00. The largest absolute Gasteiger partial charge is 0.465 e. The summed E-state index contributed by atoms with van der Waals surface area (Å²) in [4.78, 5) is 10.7. The molecule has 0 saturated carbocycles. The molecule has 0 aromatic carbocycles. The highest BCUT2D eigenvalue weighted by Gasteiger charge is 2.43. The summed E-state index contributed by atoms with van der Waals surface area (Å²) < 4.78 is 39.9. The maximum atomic E-state index is 11.9. The number of rotatable bonds is 3. The predicted molar refractivity (Wildman–Crippen MR) is 38.6 cm³/mol. The normalized spacial score (nSPS) is 16.5. The second-order valence-electron chi connectivity index (χ2n) is 2.35. The van der Waals surface area contributed by atoms with Crippen LogP contribution in [0.25, 0.3) is 0 Å². The van der Waals surface area contributed by atoms with Gasteiger partial charge in [-0.15, -0.1) is 0 Å². The lowest BCUT2D eigenvalue weighted by atomic mass is 10.1. The van der Waals surface area contributed by atoms with Gasteiger partial charge in [-0.1, -0.05) is 0 Å². The van der Waals surface area contributed by atoms with Crippen molar-refractivity contribution in [2.45, 2.75) is 25.2 Å². The number of hydrogen-bond acceptors (Lipinski definition) is 4. The van der Waals surface area contributed by atoms with E-state index in [9.17, 15) is 18.0 Å². The lowest BCUT2D eigenvalue weighted by Gasteiger charge is -2.20. The Hall–Kier alpha value is -0.820. The number of carbonyl (C=O) groups is 1. The number of carbonyl (C=O) groups excluding carboxylic acids is 1. The van der Waals surface area contributed by atoms with Crippen molar-refractivity contribution in [1.82, 2.24) is 0 Å². The molecule has 0 heterocycles. The van der Waals surface area contributed by atoms with E-state index in [0.717, 1.165) is 0 Å². The molecule has 0 amide bonds. The summed E-state index contributed by atoms with van der Waals surface area (Å²) in [5.41, 5.74) is 9.59. The molecule has 0 bridgehead atoms. The molecule has 0 aromatic rings. The maximum Gasteiger partial charge on any atom is 0.405 e. The lowest BCUT2D eigenvalue weighted by molar-refractivity contribution is -0.167. The van der Waals surface area contributed by atoms with Crippen molar-refractivity contribution in [3.8, 4) is 0 Å². The van der Waals surface area contributed by atoms with Gasteiger partial charge in [-0.25, -0.2) is 0 Å². The van der Waals surface area contributed by atoms with Gasteiger partial charge >= 0.3 is 12.1 Å². The summed E-state index contributed by atoms with van der Waals surface area (Å²) in [7, 11) is 0. The van der Waals surface area contributed by atoms with Crippen LogP contribution in [0.2, 0.25) is 0 Å². The molecule has 0 saturated heterocycles. The van der Waals surface area contributed by atoms with E-state index in [1.807, 2.05) is 0 Å². The molecule has 78 valence electrons. The van der Waals surface area contributed by atoms with Gasteiger partial charge in [-0.05, 0) is 6.92 Å². The molecule has 0 aliphatic rings. The van der Waals surface area contributed by atoms with Gasteiger partial charge in [0.25, 0.3) is 0 Å². The Morgan fingerprint density at radius 1 is 1.46 bits per heavy atom. The summed E-state index contributed by atoms with van der Waals surface area (Å²) in [6.07, 6.45) is -4.69. The number of hydrogen-bond donors (Lipinski definition) is 2. The van der Waals surface area contributed by atoms with Crippen LogP contribution >= 0.6 is 0 Å². The Labute approximate surface area is 73.0 Å². The monoisotopic (exact) mass is 200 g/mol. The summed E-state index contributed by atoms with van der Waals surface area (Å²) in [5, 5.41) is 0. The van der Waals surface area contributed by atoms with E-state index in [0.29, 0.717) is 0 Å². The zero-order valence-corrected chi connectivity index (χ0v) is 6.97. The molecule has 0 spiro atoms. The zero-order valence-electron chi connectivity index (χ0n) is 6.97. The van der Waals surface area contributed by atoms with Crippen molar-refractivity contribution < 1.29 is 22.7 Å². The minimum atomic E-state index is -4.69. The Morgan fingerprint density at radius 3 is 2.23 bits per heavy atom. The molecule has 7 heteroatoms. The quantitative estimate of drug-likeness (QED) is 0.616. The highest BCUT2D eigenvalue weighted by Crippen LogP contribution is 2.20. The van der Waals surface area contributed by atoms with Crippen molar-refractivity contribution in [3.05, 3.63) is 0 Å². The first-order chi connectivity index (χ1) is 5.80. The van der Waals surface area contributed by atoms with Gasteiger partial charge < -0.3 is 16.2 Å². The minimum absolute atomic E-state index is 0.0306. The van der Waals surface area contributed by atoms with E-state index in [4.69, 9.17) is 5.73 Å². The van der Waals surface area contributed by atoms with Crippen molar-refractivity contribution in [2.24, 2.45) is 11.5 Å². The van der Waals surface area contributed by atoms with Crippen molar-refractivity contribution in [3.63, 3.8) is 0 Å². The first-order valence-electron chi connectivity index (χ1n) is 3.55. The fraction of sp³-hybridized carbons (Fsp3) is 0.833. The summed E-state index contributed by atoms with van der Waals surface area (Å²) in [6.45, 7) is 1.43. The van der Waals surface area contributed by atoms with Crippen LogP contribution in [0.5, 0.6) is 0 Å². The average molecular weight is 200 g/mol. The molecular formula is C6H11F3N2O2. The molecule has 2 atom stereocenters. The SMILES string of the molecule is CCOC(=O)[C@H](N)[C@H](N)C(F)(F)F. The second-order valence-corrected chi connectivity index (χ2v) is 2.35. The summed E-state index contributed by atoms with van der Waals surface area (Å²) in [5.74, 6) is -1.15. The first kappa shape index (κ1) is 12.2. The first-order valence-corrected chi connectivity index (χ1v) is 3.55. The van der Waals surface area contributed by atoms with Crippen LogP contribution in [0.3, 0.4) is 0 Å². The molecule has 4 nitrogen and oxygen atoms in total. The van der Waals surface area contributed by atoms with Gasteiger partial charge in [0.15, 0.2) is 0 Å². The Bertz CT molecular complexity index is 183. The van der Waals surface area contributed by atoms with Crippen molar-refractivity contribution >= 4 is 5.97 Å². The van der Waals surface area contributed by atoms with E-state index in [2.05, 4.69) is 10.5 Å². The van der Waals surface area contributed by atoms with Crippen molar-refractivity contribution in [1.29, 1.82) is 0 Å². The van der Waals surface area contributed by atoms with E-state index < -0.39 is 24.2 Å². The minimum Gasteiger partial charge on any atom is -0.465 e. The Balaban J connectivity index is 4.25. The standard InChI is InChI=1S/C6H11F3N2O2/c1-2-13-5(12)3(10)4(11)6(7,8)9/h3-4H,2,10-11H2,1H3/t3-,4+/m1/s1. The van der Waals surface area contributed by atoms with Gasteiger partial charge in [0.1, 0.15) is 12.1 Å². The lowest BCUT2D eigenvalue weighted by Crippen LogP contribution is -2.55. The van der Waals surface area contributed by atoms with E-state index >= 15 is 0 Å². The van der Waals surface area contributed by atoms with Gasteiger partial charge in [-0.3, -0.25) is 4.79 Å². The van der Waals surface area contributed by atoms with Crippen LogP contribution < -0.4 is 11.5 Å². The van der Waals surface area contributed by atoms with Crippen LogP contribution in [-0.2, 0) is 9.53 Å². The predicted octanol–water partition coefficient (Wildman–Crippen LogP) is -0.234. The summed E-state index contributed by atoms with van der Waals surface area (Å²) >= 11 is 0. The van der Waals surface area contributed by atoms with Crippen LogP contribution in [0, 0.1) is 0 Å².